The van der Waals surface area contributed by atoms with Crippen LogP contribution in [0.3, 0.4) is 0 Å². The normalized spacial score (nSPS) is 29.7. The predicted molar refractivity (Wildman–Crippen MR) is 73.8 cm³/mol. The highest BCUT2D eigenvalue weighted by Crippen LogP contribution is 2.35. The number of piperidine rings is 1. The number of aryl methyl sites for hydroxylation is 1. The summed E-state index contributed by atoms with van der Waals surface area (Å²) in [6, 6.07) is 4.00. The van der Waals surface area contributed by atoms with E-state index in [0.717, 1.165) is 30.2 Å². The van der Waals surface area contributed by atoms with Gasteiger partial charge in [0.1, 0.15) is 0 Å². The number of β-amino-alcohol motifs (C(OH)–C–C–N with tert-alkyl or cyclic N) is 1. The molecule has 0 amide bonds. The maximum absolute atomic E-state index is 10.00. The quantitative estimate of drug-likeness (QED) is 0.847. The number of fused-ring (bicyclic) bond motifs is 1. The van der Waals surface area contributed by atoms with Crippen molar-refractivity contribution in [1.82, 2.24) is 4.90 Å². The number of likely N-dealkylation sites (tertiary alicyclic amines) is 1. The van der Waals surface area contributed by atoms with Crippen LogP contribution in [0.1, 0.15) is 24.5 Å². The van der Waals surface area contributed by atoms with Gasteiger partial charge in [-0.05, 0) is 43.5 Å². The fraction of sp³-hybridized carbons (Fsp3) is 0.600. The van der Waals surface area contributed by atoms with Crippen LogP contribution in [0, 0.1) is 6.92 Å². The van der Waals surface area contributed by atoms with Gasteiger partial charge in [0.2, 0.25) is 6.79 Å². The van der Waals surface area contributed by atoms with Gasteiger partial charge in [-0.3, -0.25) is 4.90 Å². The third-order valence-electron chi connectivity index (χ3n) is 4.31. The minimum Gasteiger partial charge on any atom is -0.454 e. The molecule has 5 heteroatoms. The highest BCUT2D eigenvalue weighted by Gasteiger charge is 2.36. The van der Waals surface area contributed by atoms with E-state index in [4.69, 9.17) is 9.47 Å². The van der Waals surface area contributed by atoms with Crippen molar-refractivity contribution in [2.24, 2.45) is 0 Å². The first-order valence-electron chi connectivity index (χ1n) is 6.97. The lowest BCUT2D eigenvalue weighted by Crippen LogP contribution is -2.53. The summed E-state index contributed by atoms with van der Waals surface area (Å²) in [5.41, 5.74) is 1.35. The smallest absolute Gasteiger partial charge is 0.231 e. The Morgan fingerprint density at radius 3 is 2.75 bits per heavy atom. The fourth-order valence-electron chi connectivity index (χ4n) is 2.72. The van der Waals surface area contributed by atoms with Crippen molar-refractivity contribution in [3.05, 3.63) is 23.3 Å². The molecule has 0 spiro atoms. The van der Waals surface area contributed by atoms with Gasteiger partial charge in [-0.2, -0.15) is 0 Å². The van der Waals surface area contributed by atoms with E-state index in [9.17, 15) is 10.2 Å². The minimum atomic E-state index is -0.972. The maximum atomic E-state index is 10.00. The molecule has 2 aliphatic rings. The zero-order valence-corrected chi connectivity index (χ0v) is 11.9. The summed E-state index contributed by atoms with van der Waals surface area (Å²) in [5, 5.41) is 20.0. The Bertz CT molecular complexity index is 515. The molecule has 0 saturated carbocycles. The Labute approximate surface area is 118 Å². The first-order valence-corrected chi connectivity index (χ1v) is 6.97. The molecule has 0 aliphatic carbocycles. The lowest BCUT2D eigenvalue weighted by Gasteiger charge is -2.40. The van der Waals surface area contributed by atoms with Crippen molar-refractivity contribution in [3.63, 3.8) is 0 Å². The molecule has 1 aromatic carbocycles. The molecule has 1 saturated heterocycles. The van der Waals surface area contributed by atoms with Crippen LogP contribution < -0.4 is 9.47 Å². The molecule has 2 heterocycles. The number of benzene rings is 1. The van der Waals surface area contributed by atoms with Crippen molar-refractivity contribution < 1.29 is 19.7 Å². The number of aliphatic hydroxyl groups is 2. The van der Waals surface area contributed by atoms with Gasteiger partial charge in [0, 0.05) is 19.6 Å². The van der Waals surface area contributed by atoms with Crippen LogP contribution in [0.25, 0.3) is 0 Å². The number of rotatable bonds is 2. The van der Waals surface area contributed by atoms with Gasteiger partial charge in [0.15, 0.2) is 11.5 Å². The van der Waals surface area contributed by atoms with Gasteiger partial charge >= 0.3 is 0 Å². The largest absolute Gasteiger partial charge is 0.454 e. The van der Waals surface area contributed by atoms with Crippen LogP contribution in [-0.2, 0) is 6.54 Å². The predicted octanol–water partition coefficient (Wildman–Crippen LogP) is 1.04. The molecule has 2 atom stereocenters. The summed E-state index contributed by atoms with van der Waals surface area (Å²) in [7, 11) is 0. The van der Waals surface area contributed by atoms with Crippen molar-refractivity contribution >= 4 is 0 Å². The van der Waals surface area contributed by atoms with Crippen LogP contribution in [-0.4, -0.2) is 46.7 Å². The zero-order chi connectivity index (χ0) is 14.3. The van der Waals surface area contributed by atoms with E-state index < -0.39 is 11.7 Å². The molecule has 3 rings (SSSR count). The van der Waals surface area contributed by atoms with E-state index in [1.54, 1.807) is 6.92 Å². The molecule has 2 N–H and O–H groups in total. The zero-order valence-electron chi connectivity index (χ0n) is 11.9. The first kappa shape index (κ1) is 13.7. The van der Waals surface area contributed by atoms with E-state index in [1.807, 2.05) is 19.1 Å². The van der Waals surface area contributed by atoms with Crippen LogP contribution in [0.4, 0.5) is 0 Å². The lowest BCUT2D eigenvalue weighted by molar-refractivity contribution is -0.108. The average molecular weight is 279 g/mol. The number of ether oxygens (including phenoxy) is 2. The molecule has 0 unspecified atom stereocenters. The van der Waals surface area contributed by atoms with Crippen LogP contribution in [0.15, 0.2) is 12.1 Å². The second kappa shape index (κ2) is 4.91. The summed E-state index contributed by atoms with van der Waals surface area (Å²) in [6.45, 7) is 6.03. The molecule has 1 aromatic rings. The van der Waals surface area contributed by atoms with E-state index in [-0.39, 0.29) is 6.79 Å². The van der Waals surface area contributed by atoms with Gasteiger partial charge in [-0.15, -0.1) is 0 Å². The topological polar surface area (TPSA) is 62.2 Å². The SMILES string of the molecule is Cc1cc2c(cc1CN1CC[C@](C)(O)[C@@H](O)C1)OCO2. The maximum Gasteiger partial charge on any atom is 0.231 e. The van der Waals surface area contributed by atoms with Crippen LogP contribution in [0.5, 0.6) is 11.5 Å². The summed E-state index contributed by atoms with van der Waals surface area (Å²) >= 11 is 0. The molecule has 2 aliphatic heterocycles. The number of aliphatic hydroxyl groups excluding tert-OH is 1. The second-order valence-electron chi connectivity index (χ2n) is 5.99. The van der Waals surface area contributed by atoms with E-state index in [0.29, 0.717) is 13.0 Å². The summed E-state index contributed by atoms with van der Waals surface area (Å²) in [5.74, 6) is 1.59. The fourth-order valence-corrected chi connectivity index (χ4v) is 2.72. The van der Waals surface area contributed by atoms with Crippen molar-refractivity contribution in [3.8, 4) is 11.5 Å². The van der Waals surface area contributed by atoms with Crippen molar-refractivity contribution in [2.75, 3.05) is 19.9 Å². The Balaban J connectivity index is 1.73. The molecule has 0 radical (unpaired) electrons. The lowest BCUT2D eigenvalue weighted by atomic mass is 9.90. The highest BCUT2D eigenvalue weighted by molar-refractivity contribution is 5.48. The van der Waals surface area contributed by atoms with Gasteiger partial charge in [-0.1, -0.05) is 0 Å². The standard InChI is InChI=1S/C15H21NO4/c1-10-5-12-13(20-9-19-12)6-11(10)7-16-4-3-15(2,18)14(17)8-16/h5-6,14,17-18H,3-4,7-9H2,1-2H3/t14-,15-/m0/s1. The molecule has 5 nitrogen and oxygen atoms in total. The molecule has 110 valence electrons. The summed E-state index contributed by atoms with van der Waals surface area (Å²) in [4.78, 5) is 2.16. The molecular weight excluding hydrogens is 258 g/mol. The number of hydrogen-bond donors (Lipinski definition) is 2. The number of hydrogen-bond acceptors (Lipinski definition) is 5. The molecular formula is C15H21NO4. The Morgan fingerprint density at radius 2 is 2.05 bits per heavy atom. The summed E-state index contributed by atoms with van der Waals surface area (Å²) in [6.07, 6.45) is -0.122. The first-order chi connectivity index (χ1) is 9.45. The van der Waals surface area contributed by atoms with Gasteiger partial charge < -0.3 is 19.7 Å². The average Bonchev–Trinajstić information content (AvgIpc) is 2.82. The van der Waals surface area contributed by atoms with Gasteiger partial charge in [-0.25, -0.2) is 0 Å². The summed E-state index contributed by atoms with van der Waals surface area (Å²) < 4.78 is 10.8. The monoisotopic (exact) mass is 279 g/mol. The molecule has 0 bridgehead atoms. The number of nitrogens with zero attached hydrogens (tertiary/aromatic N) is 1. The Kier molecular flexibility index (Phi) is 3.36. The van der Waals surface area contributed by atoms with Crippen molar-refractivity contribution in [1.29, 1.82) is 0 Å². The van der Waals surface area contributed by atoms with E-state index in [1.165, 1.54) is 5.56 Å². The Morgan fingerprint density at radius 1 is 1.35 bits per heavy atom. The van der Waals surface area contributed by atoms with Gasteiger partial charge in [0.25, 0.3) is 0 Å². The van der Waals surface area contributed by atoms with Crippen LogP contribution in [0.2, 0.25) is 0 Å². The Hall–Kier alpha value is -1.30. The van der Waals surface area contributed by atoms with E-state index >= 15 is 0 Å². The highest BCUT2D eigenvalue weighted by atomic mass is 16.7. The second-order valence-corrected chi connectivity index (χ2v) is 5.99. The third-order valence-corrected chi connectivity index (χ3v) is 4.31. The van der Waals surface area contributed by atoms with E-state index in [2.05, 4.69) is 4.90 Å². The molecule has 20 heavy (non-hydrogen) atoms. The minimum absolute atomic E-state index is 0.281. The molecule has 1 fully saturated rings. The molecule has 0 aromatic heterocycles. The van der Waals surface area contributed by atoms with Crippen molar-refractivity contribution in [2.45, 2.75) is 38.5 Å². The third kappa shape index (κ3) is 2.49. The van der Waals surface area contributed by atoms with Crippen LogP contribution >= 0.6 is 0 Å². The van der Waals surface area contributed by atoms with Gasteiger partial charge in [0.05, 0.1) is 11.7 Å².